The van der Waals surface area contributed by atoms with Crippen LogP contribution in [-0.2, 0) is 0 Å². The van der Waals surface area contributed by atoms with Gasteiger partial charge in [0.1, 0.15) is 11.5 Å². The Morgan fingerprint density at radius 3 is 2.38 bits per heavy atom. The second-order valence-electron chi connectivity index (χ2n) is 4.82. The highest BCUT2D eigenvalue weighted by molar-refractivity contribution is 5.51. The molecule has 0 unspecified atom stereocenters. The predicted molar refractivity (Wildman–Crippen MR) is 67.3 cm³/mol. The van der Waals surface area contributed by atoms with E-state index in [-0.39, 0.29) is 0 Å². The van der Waals surface area contributed by atoms with Crippen LogP contribution in [0.1, 0.15) is 37.0 Å². The lowest BCUT2D eigenvalue weighted by atomic mass is 10.0. The maximum absolute atomic E-state index is 9.77. The minimum atomic E-state index is 0.383. The molecule has 0 heterocycles. The second kappa shape index (κ2) is 5.24. The van der Waals surface area contributed by atoms with Crippen molar-refractivity contribution in [3.63, 3.8) is 0 Å². The fraction of sp³-hybridized carbons (Fsp3) is 0.571. The molecule has 0 atom stereocenters. The monoisotopic (exact) mass is 222 g/mol. The van der Waals surface area contributed by atoms with E-state index in [9.17, 15) is 5.11 Å². The van der Waals surface area contributed by atoms with Gasteiger partial charge in [-0.2, -0.15) is 0 Å². The van der Waals surface area contributed by atoms with Gasteiger partial charge in [0.05, 0.1) is 6.61 Å². The largest absolute Gasteiger partial charge is 0.507 e. The predicted octanol–water partition coefficient (Wildman–Crippen LogP) is 3.74. The van der Waals surface area contributed by atoms with E-state index in [0.717, 1.165) is 35.5 Å². The van der Waals surface area contributed by atoms with Crippen molar-refractivity contribution in [2.75, 3.05) is 6.61 Å². The molecule has 0 fully saturated rings. The van der Waals surface area contributed by atoms with Crippen LogP contribution in [-0.4, -0.2) is 11.7 Å². The lowest BCUT2D eigenvalue weighted by molar-refractivity contribution is 0.287. The molecule has 1 N–H and O–H groups in total. The minimum Gasteiger partial charge on any atom is -0.507 e. The molecular formula is C14H22O2. The van der Waals surface area contributed by atoms with Gasteiger partial charge >= 0.3 is 0 Å². The average Bonchev–Trinajstić information content (AvgIpc) is 2.22. The number of phenols is 1. The van der Waals surface area contributed by atoms with E-state index in [1.165, 1.54) is 0 Å². The molecule has 1 aromatic rings. The van der Waals surface area contributed by atoms with Crippen LogP contribution in [0, 0.1) is 26.7 Å². The molecule has 0 aliphatic heterocycles. The molecule has 0 aromatic heterocycles. The summed E-state index contributed by atoms with van der Waals surface area (Å²) < 4.78 is 5.75. The first kappa shape index (κ1) is 12.9. The third kappa shape index (κ3) is 2.91. The van der Waals surface area contributed by atoms with Gasteiger partial charge in [0, 0.05) is 0 Å². The molecule has 2 nitrogen and oxygen atoms in total. The van der Waals surface area contributed by atoms with E-state index in [0.29, 0.717) is 11.7 Å². The fourth-order valence-electron chi connectivity index (χ4n) is 1.59. The highest BCUT2D eigenvalue weighted by Crippen LogP contribution is 2.32. The van der Waals surface area contributed by atoms with Crippen molar-refractivity contribution in [3.05, 3.63) is 22.8 Å². The zero-order valence-electron chi connectivity index (χ0n) is 10.9. The zero-order valence-corrected chi connectivity index (χ0v) is 10.9. The molecule has 0 radical (unpaired) electrons. The van der Waals surface area contributed by atoms with Crippen LogP contribution in [0.15, 0.2) is 6.07 Å². The molecule has 0 spiro atoms. The average molecular weight is 222 g/mol. The summed E-state index contributed by atoms with van der Waals surface area (Å²) in [6, 6.07) is 1.91. The van der Waals surface area contributed by atoms with Crippen molar-refractivity contribution >= 4 is 0 Å². The summed E-state index contributed by atoms with van der Waals surface area (Å²) >= 11 is 0. The van der Waals surface area contributed by atoms with E-state index >= 15 is 0 Å². The molecule has 90 valence electrons. The SMILES string of the molecule is Cc1cc(OCCC(C)C)c(C)c(C)c1O. The Hall–Kier alpha value is -1.18. The van der Waals surface area contributed by atoms with Gasteiger partial charge in [0.15, 0.2) is 0 Å². The molecule has 1 rings (SSSR count). The molecule has 0 aliphatic rings. The standard InChI is InChI=1S/C14H22O2/c1-9(2)6-7-16-13-8-10(3)14(15)12(5)11(13)4/h8-9,15H,6-7H2,1-5H3. The minimum absolute atomic E-state index is 0.383. The van der Waals surface area contributed by atoms with Gasteiger partial charge in [-0.15, -0.1) is 0 Å². The molecule has 16 heavy (non-hydrogen) atoms. The van der Waals surface area contributed by atoms with Crippen LogP contribution >= 0.6 is 0 Å². The summed E-state index contributed by atoms with van der Waals surface area (Å²) in [4.78, 5) is 0. The third-order valence-electron chi connectivity index (χ3n) is 2.96. The number of hydrogen-bond donors (Lipinski definition) is 1. The van der Waals surface area contributed by atoms with Crippen LogP contribution in [0.3, 0.4) is 0 Å². The van der Waals surface area contributed by atoms with Gasteiger partial charge < -0.3 is 9.84 Å². The van der Waals surface area contributed by atoms with Crippen LogP contribution in [0.25, 0.3) is 0 Å². The van der Waals surface area contributed by atoms with E-state index in [2.05, 4.69) is 13.8 Å². The summed E-state index contributed by atoms with van der Waals surface area (Å²) in [5, 5.41) is 9.77. The van der Waals surface area contributed by atoms with Crippen molar-refractivity contribution in [3.8, 4) is 11.5 Å². The van der Waals surface area contributed by atoms with Gasteiger partial charge in [0.25, 0.3) is 0 Å². The number of hydrogen-bond acceptors (Lipinski definition) is 2. The molecule has 0 amide bonds. The summed E-state index contributed by atoms with van der Waals surface area (Å²) in [6.45, 7) is 10.9. The molecule has 0 saturated carbocycles. The summed E-state index contributed by atoms with van der Waals surface area (Å²) in [5.41, 5.74) is 2.83. The summed E-state index contributed by atoms with van der Waals surface area (Å²) in [5.74, 6) is 1.93. The zero-order chi connectivity index (χ0) is 12.3. The normalized spacial score (nSPS) is 10.9. The molecule has 1 aromatic carbocycles. The molecule has 2 heteroatoms. The highest BCUT2D eigenvalue weighted by Gasteiger charge is 2.10. The Morgan fingerprint density at radius 1 is 1.19 bits per heavy atom. The second-order valence-corrected chi connectivity index (χ2v) is 4.82. The van der Waals surface area contributed by atoms with E-state index in [1.54, 1.807) is 0 Å². The van der Waals surface area contributed by atoms with E-state index in [4.69, 9.17) is 4.74 Å². The van der Waals surface area contributed by atoms with Crippen LogP contribution in [0.4, 0.5) is 0 Å². The van der Waals surface area contributed by atoms with Crippen molar-refractivity contribution in [2.24, 2.45) is 5.92 Å². The number of rotatable bonds is 4. The van der Waals surface area contributed by atoms with E-state index < -0.39 is 0 Å². The first-order chi connectivity index (χ1) is 7.43. The maximum Gasteiger partial charge on any atom is 0.122 e. The Labute approximate surface area is 98.3 Å². The lowest BCUT2D eigenvalue weighted by Gasteiger charge is -2.14. The Morgan fingerprint density at radius 2 is 1.81 bits per heavy atom. The van der Waals surface area contributed by atoms with Gasteiger partial charge in [0.2, 0.25) is 0 Å². The quantitative estimate of drug-likeness (QED) is 0.840. The Kier molecular flexibility index (Phi) is 4.22. The Balaban J connectivity index is 2.81. The lowest BCUT2D eigenvalue weighted by Crippen LogP contribution is -2.03. The first-order valence-corrected chi connectivity index (χ1v) is 5.86. The van der Waals surface area contributed by atoms with Crippen LogP contribution in [0.5, 0.6) is 11.5 Å². The smallest absolute Gasteiger partial charge is 0.122 e. The van der Waals surface area contributed by atoms with Gasteiger partial charge in [-0.05, 0) is 55.9 Å². The maximum atomic E-state index is 9.77. The van der Waals surface area contributed by atoms with Crippen LogP contribution in [0.2, 0.25) is 0 Å². The summed E-state index contributed by atoms with van der Waals surface area (Å²) in [6.07, 6.45) is 1.05. The molecular weight excluding hydrogens is 200 g/mol. The highest BCUT2D eigenvalue weighted by atomic mass is 16.5. The number of benzene rings is 1. The van der Waals surface area contributed by atoms with E-state index in [1.807, 2.05) is 26.8 Å². The van der Waals surface area contributed by atoms with Crippen LogP contribution < -0.4 is 4.74 Å². The van der Waals surface area contributed by atoms with Crippen molar-refractivity contribution in [1.82, 2.24) is 0 Å². The summed E-state index contributed by atoms with van der Waals surface area (Å²) in [7, 11) is 0. The first-order valence-electron chi connectivity index (χ1n) is 5.86. The number of aromatic hydroxyl groups is 1. The number of ether oxygens (including phenoxy) is 1. The fourth-order valence-corrected chi connectivity index (χ4v) is 1.59. The van der Waals surface area contributed by atoms with Crippen molar-refractivity contribution in [2.45, 2.75) is 41.0 Å². The Bertz CT molecular complexity index is 367. The van der Waals surface area contributed by atoms with Gasteiger partial charge in [-0.1, -0.05) is 13.8 Å². The van der Waals surface area contributed by atoms with Gasteiger partial charge in [-0.3, -0.25) is 0 Å². The molecule has 0 bridgehead atoms. The number of phenolic OH excluding ortho intramolecular Hbond substituents is 1. The molecule has 0 saturated heterocycles. The van der Waals surface area contributed by atoms with Gasteiger partial charge in [-0.25, -0.2) is 0 Å². The topological polar surface area (TPSA) is 29.5 Å². The molecule has 0 aliphatic carbocycles. The third-order valence-corrected chi connectivity index (χ3v) is 2.96. The van der Waals surface area contributed by atoms with Crippen molar-refractivity contribution < 1.29 is 9.84 Å². The number of aryl methyl sites for hydroxylation is 1. The van der Waals surface area contributed by atoms with Crippen molar-refractivity contribution in [1.29, 1.82) is 0 Å².